The molecular formula is C28H37NO5S. The van der Waals surface area contributed by atoms with Crippen LogP contribution in [0.2, 0.25) is 0 Å². The van der Waals surface area contributed by atoms with Gasteiger partial charge >= 0.3 is 0 Å². The topological polar surface area (TPSA) is 104 Å². The maximum atomic E-state index is 13.2. The lowest BCUT2D eigenvalue weighted by Crippen LogP contribution is -2.33. The van der Waals surface area contributed by atoms with Gasteiger partial charge in [-0.1, -0.05) is 39.7 Å². The molecule has 0 saturated carbocycles. The summed E-state index contributed by atoms with van der Waals surface area (Å²) in [4.78, 5) is 12.8. The quantitative estimate of drug-likeness (QED) is 0.467. The van der Waals surface area contributed by atoms with Crippen molar-refractivity contribution in [1.82, 2.24) is 4.72 Å². The Kier molecular flexibility index (Phi) is 8.28. The number of aliphatic hydroxyl groups is 2. The van der Waals surface area contributed by atoms with E-state index in [9.17, 15) is 23.4 Å². The summed E-state index contributed by atoms with van der Waals surface area (Å²) in [6.07, 6.45) is 5.50. The molecule has 190 valence electrons. The number of amides is 1. The second kappa shape index (κ2) is 10.1. The van der Waals surface area contributed by atoms with Gasteiger partial charge < -0.3 is 10.2 Å². The van der Waals surface area contributed by atoms with E-state index in [2.05, 4.69) is 10.6 Å². The van der Waals surface area contributed by atoms with Crippen LogP contribution in [-0.4, -0.2) is 24.5 Å². The third kappa shape index (κ3) is 6.94. The molecule has 0 heterocycles. The smallest absolute Gasteiger partial charge is 0.264 e. The first-order chi connectivity index (χ1) is 15.9. The zero-order valence-corrected chi connectivity index (χ0v) is 22.7. The Bertz CT molecular complexity index is 1190. The SMILES string of the molecule is C#Cc1cc(C(C)C)c(CC(=O)NS(=O)(=O)c2cc(C(C)(C)O)cc(C(C)(C)O)c2)c(C(C)C)c1. The zero-order valence-electron chi connectivity index (χ0n) is 21.9. The molecule has 3 N–H and O–H groups in total. The second-order valence-electron chi connectivity index (χ2n) is 10.7. The van der Waals surface area contributed by atoms with Gasteiger partial charge in [0.2, 0.25) is 5.91 Å². The summed E-state index contributed by atoms with van der Waals surface area (Å²) in [6, 6.07) is 7.92. The van der Waals surface area contributed by atoms with Crippen molar-refractivity contribution in [2.75, 3.05) is 0 Å². The fourth-order valence-corrected chi connectivity index (χ4v) is 4.96. The van der Waals surface area contributed by atoms with Crippen LogP contribution < -0.4 is 4.72 Å². The Hall–Kier alpha value is -2.66. The number of benzene rings is 2. The predicted molar refractivity (Wildman–Crippen MR) is 139 cm³/mol. The fraction of sp³-hybridized carbons (Fsp3) is 0.464. The first-order valence-electron chi connectivity index (χ1n) is 11.7. The van der Waals surface area contributed by atoms with E-state index in [1.165, 1.54) is 39.8 Å². The normalized spacial score (nSPS) is 12.7. The minimum atomic E-state index is -4.28. The highest BCUT2D eigenvalue weighted by molar-refractivity contribution is 7.90. The molecule has 2 aromatic carbocycles. The number of hydrogen-bond donors (Lipinski definition) is 3. The Morgan fingerprint density at radius 3 is 1.69 bits per heavy atom. The van der Waals surface area contributed by atoms with E-state index >= 15 is 0 Å². The molecule has 0 aliphatic rings. The highest BCUT2D eigenvalue weighted by Crippen LogP contribution is 2.31. The number of hydrogen-bond acceptors (Lipinski definition) is 5. The van der Waals surface area contributed by atoms with Gasteiger partial charge in [-0.2, -0.15) is 0 Å². The summed E-state index contributed by atoms with van der Waals surface area (Å²) in [5.74, 6) is 2.14. The van der Waals surface area contributed by atoms with Crippen LogP contribution in [0.5, 0.6) is 0 Å². The van der Waals surface area contributed by atoms with Crippen molar-refractivity contribution >= 4 is 15.9 Å². The number of carbonyl (C=O) groups excluding carboxylic acids is 1. The van der Waals surface area contributed by atoms with Crippen molar-refractivity contribution < 1.29 is 23.4 Å². The van der Waals surface area contributed by atoms with E-state index in [-0.39, 0.29) is 23.2 Å². The Morgan fingerprint density at radius 2 is 1.34 bits per heavy atom. The van der Waals surface area contributed by atoms with Crippen LogP contribution >= 0.6 is 0 Å². The molecule has 0 fully saturated rings. The van der Waals surface area contributed by atoms with Crippen molar-refractivity contribution in [1.29, 1.82) is 0 Å². The Balaban J connectivity index is 2.51. The molecule has 0 radical (unpaired) electrons. The van der Waals surface area contributed by atoms with E-state index in [0.29, 0.717) is 11.1 Å². The molecule has 2 rings (SSSR count). The van der Waals surface area contributed by atoms with E-state index in [1.54, 1.807) is 6.07 Å². The molecule has 0 atom stereocenters. The van der Waals surface area contributed by atoms with Gasteiger partial charge in [-0.3, -0.25) is 4.79 Å². The van der Waals surface area contributed by atoms with Gasteiger partial charge in [0, 0.05) is 5.56 Å². The minimum absolute atomic E-state index is 0.0815. The molecule has 0 bridgehead atoms. The van der Waals surface area contributed by atoms with Crippen molar-refractivity contribution in [2.45, 2.75) is 89.7 Å². The Morgan fingerprint density at radius 1 is 0.914 bits per heavy atom. The Labute approximate surface area is 209 Å². The lowest BCUT2D eigenvalue weighted by molar-refractivity contribution is -0.118. The van der Waals surface area contributed by atoms with Crippen molar-refractivity contribution in [3.8, 4) is 12.3 Å². The molecule has 0 aliphatic heterocycles. The zero-order chi connectivity index (χ0) is 26.9. The summed E-state index contributed by atoms with van der Waals surface area (Å²) in [7, 11) is -4.28. The highest BCUT2D eigenvalue weighted by Gasteiger charge is 2.28. The number of terminal acetylenes is 1. The molecule has 0 aliphatic carbocycles. The molecule has 0 unspecified atom stereocenters. The van der Waals surface area contributed by atoms with Crippen molar-refractivity contribution in [2.24, 2.45) is 0 Å². The summed E-state index contributed by atoms with van der Waals surface area (Å²) in [5.41, 5.74) is 1.20. The van der Waals surface area contributed by atoms with Crippen molar-refractivity contribution in [3.05, 3.63) is 63.7 Å². The summed E-state index contributed by atoms with van der Waals surface area (Å²) < 4.78 is 28.6. The summed E-state index contributed by atoms with van der Waals surface area (Å²) in [6.45, 7) is 14.1. The molecule has 0 aromatic heterocycles. The lowest BCUT2D eigenvalue weighted by atomic mass is 9.85. The van der Waals surface area contributed by atoms with Crippen LogP contribution in [0.25, 0.3) is 0 Å². The van der Waals surface area contributed by atoms with Crippen LogP contribution in [0.3, 0.4) is 0 Å². The molecule has 1 amide bonds. The second-order valence-corrected chi connectivity index (χ2v) is 12.3. The maximum absolute atomic E-state index is 13.2. The van der Waals surface area contributed by atoms with E-state index in [4.69, 9.17) is 6.42 Å². The summed E-state index contributed by atoms with van der Waals surface area (Å²) >= 11 is 0. The summed E-state index contributed by atoms with van der Waals surface area (Å²) in [5, 5.41) is 21.0. The van der Waals surface area contributed by atoms with Crippen LogP contribution in [0.15, 0.2) is 35.2 Å². The van der Waals surface area contributed by atoms with Crippen molar-refractivity contribution in [3.63, 3.8) is 0 Å². The van der Waals surface area contributed by atoms with Crippen LogP contribution in [-0.2, 0) is 32.4 Å². The van der Waals surface area contributed by atoms with Gasteiger partial charge in [-0.05, 0) is 91.6 Å². The molecule has 0 spiro atoms. The molecule has 0 saturated heterocycles. The molecular weight excluding hydrogens is 462 g/mol. The van der Waals surface area contributed by atoms with E-state index < -0.39 is 27.1 Å². The first kappa shape index (κ1) is 28.6. The predicted octanol–water partition coefficient (Wildman–Crippen LogP) is 4.42. The van der Waals surface area contributed by atoms with E-state index in [0.717, 1.165) is 22.3 Å². The van der Waals surface area contributed by atoms with Crippen LogP contribution in [0.4, 0.5) is 0 Å². The van der Waals surface area contributed by atoms with Gasteiger partial charge in [0.25, 0.3) is 10.0 Å². The standard InChI is InChI=1S/C28H37NO5S/c1-10-19-11-23(17(2)3)25(24(12-19)18(4)5)16-26(30)29-35(33,34)22-14-20(27(6,7)31)13-21(15-22)28(8,9)32/h1,11-15,17-18,31-32H,16H2,2-9H3,(H,29,30). The average molecular weight is 500 g/mol. The van der Waals surface area contributed by atoms with Gasteiger partial charge in [-0.25, -0.2) is 13.1 Å². The average Bonchev–Trinajstić information content (AvgIpc) is 2.71. The largest absolute Gasteiger partial charge is 0.386 e. The third-order valence-corrected chi connectivity index (χ3v) is 7.30. The number of sulfonamides is 1. The minimum Gasteiger partial charge on any atom is -0.386 e. The van der Waals surface area contributed by atoms with Crippen LogP contribution in [0.1, 0.15) is 101 Å². The monoisotopic (exact) mass is 499 g/mol. The molecule has 35 heavy (non-hydrogen) atoms. The van der Waals surface area contributed by atoms with Crippen LogP contribution in [0, 0.1) is 12.3 Å². The van der Waals surface area contributed by atoms with Gasteiger partial charge in [0.1, 0.15) is 0 Å². The molecule has 2 aromatic rings. The number of carbonyl (C=O) groups is 1. The molecule has 7 heteroatoms. The fourth-order valence-electron chi connectivity index (χ4n) is 3.90. The highest BCUT2D eigenvalue weighted by atomic mass is 32.2. The molecule has 6 nitrogen and oxygen atoms in total. The third-order valence-electron chi connectivity index (χ3n) is 5.94. The van der Waals surface area contributed by atoms with E-state index in [1.807, 2.05) is 39.8 Å². The van der Waals surface area contributed by atoms with Gasteiger partial charge in [0.15, 0.2) is 0 Å². The lowest BCUT2D eigenvalue weighted by Gasteiger charge is -2.24. The maximum Gasteiger partial charge on any atom is 0.264 e. The number of rotatable bonds is 8. The van der Waals surface area contributed by atoms with Gasteiger partial charge in [-0.15, -0.1) is 6.42 Å². The number of nitrogens with one attached hydrogen (secondary N) is 1. The van der Waals surface area contributed by atoms with Gasteiger partial charge in [0.05, 0.1) is 22.5 Å². The first-order valence-corrected chi connectivity index (χ1v) is 13.1.